The third kappa shape index (κ3) is 4.61. The second kappa shape index (κ2) is 9.53. The van der Waals surface area contributed by atoms with E-state index in [4.69, 9.17) is 11.6 Å². The number of nitrogens with zero attached hydrogens (tertiary/aromatic N) is 2. The Morgan fingerprint density at radius 3 is 2.41 bits per heavy atom. The predicted octanol–water partition coefficient (Wildman–Crippen LogP) is 7.56. The first-order valence-corrected chi connectivity index (χ1v) is 12.6. The van der Waals surface area contributed by atoms with E-state index < -0.39 is 38.9 Å². The van der Waals surface area contributed by atoms with Crippen molar-refractivity contribution in [1.29, 1.82) is 0 Å². The Kier molecular flexibility index (Phi) is 6.53. The van der Waals surface area contributed by atoms with E-state index in [0.717, 1.165) is 6.07 Å². The highest BCUT2D eigenvalue weighted by molar-refractivity contribution is 8.00. The van der Waals surface area contributed by atoms with Crippen molar-refractivity contribution in [2.45, 2.75) is 40.1 Å². The summed E-state index contributed by atoms with van der Waals surface area (Å²) in [5.41, 5.74) is -0.261. The number of thioether (sulfide) groups is 1. The zero-order valence-corrected chi connectivity index (χ0v) is 20.5. The number of para-hydroxylation sites is 2. The fourth-order valence-electron chi connectivity index (χ4n) is 5.41. The van der Waals surface area contributed by atoms with Gasteiger partial charge >= 0.3 is 6.18 Å². The maximum Gasteiger partial charge on any atom is 0.418 e. The summed E-state index contributed by atoms with van der Waals surface area (Å²) in [6, 6.07) is 15.4. The van der Waals surface area contributed by atoms with Crippen LogP contribution in [0, 0.1) is 26.1 Å². The van der Waals surface area contributed by atoms with Crippen molar-refractivity contribution < 1.29 is 23.0 Å². The number of alkyl halides is 4. The van der Waals surface area contributed by atoms with E-state index in [9.17, 15) is 33.4 Å². The van der Waals surface area contributed by atoms with E-state index >= 15 is 0 Å². The summed E-state index contributed by atoms with van der Waals surface area (Å²) < 4.78 is 41.9. The highest BCUT2D eigenvalue weighted by atomic mass is 35.5. The van der Waals surface area contributed by atoms with E-state index in [0.29, 0.717) is 22.4 Å². The number of benzene rings is 3. The van der Waals surface area contributed by atoms with Crippen molar-refractivity contribution in [3.8, 4) is 0 Å². The number of nitro benzene ring substituents is 2. The minimum atomic E-state index is -4.63. The van der Waals surface area contributed by atoms with E-state index in [-0.39, 0.29) is 28.2 Å². The average Bonchev–Trinajstić information content (AvgIpc) is 3.18. The van der Waals surface area contributed by atoms with Gasteiger partial charge in [0.25, 0.3) is 11.4 Å². The van der Waals surface area contributed by atoms with Crippen molar-refractivity contribution in [2.24, 2.45) is 5.92 Å². The Morgan fingerprint density at radius 2 is 1.70 bits per heavy atom. The van der Waals surface area contributed by atoms with Gasteiger partial charge in [-0.15, -0.1) is 23.4 Å². The molecule has 1 aliphatic heterocycles. The second-order valence-electron chi connectivity index (χ2n) is 8.99. The zero-order chi connectivity index (χ0) is 26.5. The van der Waals surface area contributed by atoms with E-state index in [1.807, 2.05) is 0 Å². The van der Waals surface area contributed by atoms with Crippen LogP contribution in [0.5, 0.6) is 0 Å². The third-order valence-corrected chi connectivity index (χ3v) is 9.05. The smallest absolute Gasteiger partial charge is 0.377 e. The summed E-state index contributed by atoms with van der Waals surface area (Å²) in [5, 5.41) is 25.0. The Balaban J connectivity index is 1.60. The molecule has 192 valence electrons. The lowest BCUT2D eigenvalue weighted by atomic mass is 9.76. The third-order valence-electron chi connectivity index (χ3n) is 6.93. The van der Waals surface area contributed by atoms with E-state index in [1.165, 1.54) is 42.1 Å². The Labute approximate surface area is 218 Å². The topological polar surface area (TPSA) is 98.3 Å². The number of nitro groups is 2. The van der Waals surface area contributed by atoms with Crippen LogP contribution in [0.1, 0.15) is 35.1 Å². The molecule has 2 aliphatic rings. The van der Waals surface area contributed by atoms with Gasteiger partial charge in [0.15, 0.2) is 0 Å². The molecule has 0 saturated heterocycles. The van der Waals surface area contributed by atoms with Gasteiger partial charge in [0.05, 0.1) is 37.4 Å². The van der Waals surface area contributed by atoms with Gasteiger partial charge in [-0.25, -0.2) is 0 Å². The Morgan fingerprint density at radius 1 is 0.973 bits per heavy atom. The van der Waals surface area contributed by atoms with Gasteiger partial charge in [-0.05, 0) is 35.6 Å². The van der Waals surface area contributed by atoms with Crippen molar-refractivity contribution in [1.82, 2.24) is 0 Å². The molecule has 37 heavy (non-hydrogen) atoms. The molecule has 0 amide bonds. The minimum absolute atomic E-state index is 0.0700. The van der Waals surface area contributed by atoms with E-state index in [1.54, 1.807) is 30.3 Å². The summed E-state index contributed by atoms with van der Waals surface area (Å²) in [5.74, 6) is -0.814. The Bertz CT molecular complexity index is 1390. The molecule has 1 fully saturated rings. The maximum atomic E-state index is 14.0. The number of rotatable bonds is 5. The molecule has 5 atom stereocenters. The van der Waals surface area contributed by atoms with Crippen LogP contribution in [-0.4, -0.2) is 20.5 Å². The SMILES string of the molecule is O=[N+]([O-])c1cccc([C@@H]2Nc3c(cccc3C(F)(F)F)[C@@H]3[C@H](Cl)[C@@H](Sc4ccccc4[N+](=O)[O-])C[C@@H]32)c1. The number of halogens is 4. The zero-order valence-electron chi connectivity index (χ0n) is 18.9. The minimum Gasteiger partial charge on any atom is -0.377 e. The van der Waals surface area contributed by atoms with Gasteiger partial charge < -0.3 is 5.32 Å². The molecule has 1 heterocycles. The first-order chi connectivity index (χ1) is 17.6. The number of fused-ring (bicyclic) bond motifs is 3. The molecule has 3 aromatic carbocycles. The highest BCUT2D eigenvalue weighted by Crippen LogP contribution is 2.59. The monoisotopic (exact) mass is 549 g/mol. The van der Waals surface area contributed by atoms with Gasteiger partial charge in [0.1, 0.15) is 0 Å². The number of anilines is 1. The molecule has 1 saturated carbocycles. The van der Waals surface area contributed by atoms with Crippen molar-refractivity contribution in [3.05, 3.63) is 104 Å². The molecule has 0 radical (unpaired) electrons. The van der Waals surface area contributed by atoms with Crippen molar-refractivity contribution in [3.63, 3.8) is 0 Å². The maximum absolute atomic E-state index is 14.0. The molecule has 0 unspecified atom stereocenters. The fraction of sp³-hybridized carbons (Fsp3) is 0.280. The van der Waals surface area contributed by atoms with Gasteiger partial charge in [-0.1, -0.05) is 36.4 Å². The van der Waals surface area contributed by atoms with Crippen LogP contribution in [0.2, 0.25) is 0 Å². The summed E-state index contributed by atoms with van der Waals surface area (Å²) in [7, 11) is 0. The number of nitrogens with one attached hydrogen (secondary N) is 1. The fourth-order valence-corrected chi connectivity index (χ4v) is 7.36. The van der Waals surface area contributed by atoms with E-state index in [2.05, 4.69) is 5.32 Å². The van der Waals surface area contributed by atoms with Crippen molar-refractivity contribution >= 4 is 40.4 Å². The number of non-ortho nitro benzene ring substituents is 1. The van der Waals surface area contributed by atoms with Crippen LogP contribution in [0.25, 0.3) is 0 Å². The molecule has 1 N–H and O–H groups in total. The summed E-state index contributed by atoms with van der Waals surface area (Å²) in [6.45, 7) is 0. The molecular formula is C25H19ClF3N3O4S. The molecule has 12 heteroatoms. The Hall–Kier alpha value is -3.31. The molecule has 0 aromatic heterocycles. The number of hydrogen-bond acceptors (Lipinski definition) is 6. The second-order valence-corrected chi connectivity index (χ2v) is 10.8. The lowest BCUT2D eigenvalue weighted by Gasteiger charge is -2.39. The summed E-state index contributed by atoms with van der Waals surface area (Å²) in [4.78, 5) is 22.3. The average molecular weight is 550 g/mol. The predicted molar refractivity (Wildman–Crippen MR) is 134 cm³/mol. The quantitative estimate of drug-likeness (QED) is 0.200. The molecule has 0 bridgehead atoms. The van der Waals surface area contributed by atoms with Gasteiger partial charge in [0, 0.05) is 29.4 Å². The lowest BCUT2D eigenvalue weighted by molar-refractivity contribution is -0.387. The molecule has 0 spiro atoms. The van der Waals surface area contributed by atoms with Crippen LogP contribution in [0.4, 0.5) is 30.2 Å². The molecule has 5 rings (SSSR count). The highest BCUT2D eigenvalue weighted by Gasteiger charge is 2.52. The largest absolute Gasteiger partial charge is 0.418 e. The lowest BCUT2D eigenvalue weighted by Crippen LogP contribution is -2.32. The summed E-state index contributed by atoms with van der Waals surface area (Å²) in [6.07, 6.45) is -4.19. The van der Waals surface area contributed by atoms with Crippen LogP contribution >= 0.6 is 23.4 Å². The van der Waals surface area contributed by atoms with Crippen LogP contribution in [0.15, 0.2) is 71.6 Å². The van der Waals surface area contributed by atoms with Gasteiger partial charge in [-0.3, -0.25) is 20.2 Å². The molecule has 1 aliphatic carbocycles. The van der Waals surface area contributed by atoms with Crippen LogP contribution in [0.3, 0.4) is 0 Å². The molecule has 7 nitrogen and oxygen atoms in total. The standard InChI is InChI=1S/C25H19ClF3N3O4S/c26-22-20(37-19-10-2-1-9-18(19)32(35)36)12-16-21(22)15-7-4-8-17(25(27,28)29)24(15)30-23(16)13-5-3-6-14(11-13)31(33)34/h1-11,16,20-23,30H,12H2/t16-,20-,21-,22+,23-/m0/s1. The van der Waals surface area contributed by atoms with Crippen LogP contribution in [-0.2, 0) is 6.18 Å². The van der Waals surface area contributed by atoms with Gasteiger partial charge in [-0.2, -0.15) is 13.2 Å². The first-order valence-electron chi connectivity index (χ1n) is 11.3. The molecule has 3 aromatic rings. The first kappa shape index (κ1) is 25.3. The van der Waals surface area contributed by atoms with Crippen molar-refractivity contribution in [2.75, 3.05) is 5.32 Å². The van der Waals surface area contributed by atoms with Crippen LogP contribution < -0.4 is 5.32 Å². The number of hydrogen-bond donors (Lipinski definition) is 1. The normalized spacial score (nSPS) is 24.6. The van der Waals surface area contributed by atoms with Gasteiger partial charge in [0.2, 0.25) is 0 Å². The molecular weight excluding hydrogens is 531 g/mol. The summed E-state index contributed by atoms with van der Waals surface area (Å²) >= 11 is 8.19.